The van der Waals surface area contributed by atoms with Gasteiger partial charge in [-0.15, -0.1) is 11.6 Å². The Morgan fingerprint density at radius 1 is 1.86 bits per heavy atom. The normalized spacial score (nSPS) is 11.6. The molecule has 3 heteroatoms. The summed E-state index contributed by atoms with van der Waals surface area (Å²) in [5, 5.41) is 0. The summed E-state index contributed by atoms with van der Waals surface area (Å²) >= 11 is 10.5. The van der Waals surface area contributed by atoms with Gasteiger partial charge in [-0.05, 0) is 0 Å². The van der Waals surface area contributed by atoms with Crippen molar-refractivity contribution in [1.29, 1.82) is 0 Å². The van der Waals surface area contributed by atoms with Gasteiger partial charge in [-0.2, -0.15) is 0 Å². The number of hydrogen-bond donors (Lipinski definition) is 0. The molecular weight excluding hydrogens is 135 g/mol. The van der Waals surface area contributed by atoms with E-state index < -0.39 is 0 Å². The Morgan fingerprint density at radius 3 is 2.43 bits per heavy atom. The first-order valence-corrected chi connectivity index (χ1v) is 2.71. The minimum atomic E-state index is 0.333. The lowest BCUT2D eigenvalue weighted by atomic mass is 10.7. The van der Waals surface area contributed by atoms with Gasteiger partial charge in [-0.1, -0.05) is 11.6 Å². The third-order valence-corrected chi connectivity index (χ3v) is 1.02. The molecule has 7 heavy (non-hydrogen) atoms. The number of methoxy groups -OCH3 is 1. The van der Waals surface area contributed by atoms with Gasteiger partial charge in [0.05, 0.1) is 13.0 Å². The van der Waals surface area contributed by atoms with E-state index in [1.165, 1.54) is 12.6 Å². The van der Waals surface area contributed by atoms with E-state index in [1.807, 2.05) is 0 Å². The van der Waals surface area contributed by atoms with Crippen molar-refractivity contribution < 1.29 is 4.74 Å². The van der Waals surface area contributed by atoms with Crippen molar-refractivity contribution in [3.8, 4) is 0 Å². The molecule has 0 atom stereocenters. The Morgan fingerprint density at radius 2 is 2.43 bits per heavy atom. The third-order valence-electron chi connectivity index (χ3n) is 0.516. The van der Waals surface area contributed by atoms with Crippen molar-refractivity contribution in [2.24, 2.45) is 0 Å². The second-order valence-corrected chi connectivity index (χ2v) is 1.40. The zero-order valence-corrected chi connectivity index (χ0v) is 5.46. The van der Waals surface area contributed by atoms with Crippen LogP contribution in [0.1, 0.15) is 0 Å². The third kappa shape index (κ3) is 2.77. The minimum Gasteiger partial charge on any atom is -0.499 e. The molecule has 0 unspecified atom stereocenters. The van der Waals surface area contributed by atoms with Crippen LogP contribution in [0.15, 0.2) is 11.3 Å². The lowest BCUT2D eigenvalue weighted by Crippen LogP contribution is -1.83. The van der Waals surface area contributed by atoms with Crippen LogP contribution in [0.4, 0.5) is 0 Å². The molecule has 0 bridgehead atoms. The minimum absolute atomic E-state index is 0.333. The van der Waals surface area contributed by atoms with E-state index in [0.717, 1.165) is 0 Å². The fourth-order valence-electron chi connectivity index (χ4n) is 0.128. The highest BCUT2D eigenvalue weighted by atomic mass is 35.5. The molecule has 0 spiro atoms. The van der Waals surface area contributed by atoms with E-state index in [2.05, 4.69) is 4.74 Å². The lowest BCUT2D eigenvalue weighted by Gasteiger charge is -1.95. The Bertz CT molecular complexity index is 64.1. The van der Waals surface area contributed by atoms with Crippen LogP contribution in [0.5, 0.6) is 0 Å². The van der Waals surface area contributed by atoms with Gasteiger partial charge in [-0.3, -0.25) is 0 Å². The van der Waals surface area contributed by atoms with Crippen molar-refractivity contribution in [2.75, 3.05) is 13.0 Å². The van der Waals surface area contributed by atoms with Crippen LogP contribution in [0.2, 0.25) is 0 Å². The van der Waals surface area contributed by atoms with E-state index in [1.54, 1.807) is 0 Å². The summed E-state index contributed by atoms with van der Waals surface area (Å²) in [4.78, 5) is 0. The molecule has 0 heterocycles. The first kappa shape index (κ1) is 7.12. The second-order valence-electron chi connectivity index (χ2n) is 0.913. The average molecular weight is 141 g/mol. The van der Waals surface area contributed by atoms with Crippen LogP contribution in [-0.2, 0) is 4.74 Å². The second kappa shape index (κ2) is 4.28. The Kier molecular flexibility index (Phi) is 4.36. The van der Waals surface area contributed by atoms with E-state index in [9.17, 15) is 0 Å². The summed E-state index contributed by atoms with van der Waals surface area (Å²) in [6.07, 6.45) is 0. The first-order chi connectivity index (χ1) is 3.35. The molecule has 1 nitrogen and oxygen atoms in total. The molecule has 0 aromatic rings. The number of allylic oxidation sites excluding steroid dienone is 1. The van der Waals surface area contributed by atoms with Crippen molar-refractivity contribution in [3.05, 3.63) is 11.3 Å². The van der Waals surface area contributed by atoms with Gasteiger partial charge >= 0.3 is 0 Å². The fraction of sp³-hybridized carbons (Fsp3) is 0.500. The Labute approximate surface area is 52.9 Å². The van der Waals surface area contributed by atoms with Crippen molar-refractivity contribution in [3.63, 3.8) is 0 Å². The van der Waals surface area contributed by atoms with E-state index in [-0.39, 0.29) is 0 Å². The van der Waals surface area contributed by atoms with Crippen molar-refractivity contribution in [1.82, 2.24) is 0 Å². The van der Waals surface area contributed by atoms with E-state index in [4.69, 9.17) is 23.2 Å². The maximum atomic E-state index is 5.29. The summed E-state index contributed by atoms with van der Waals surface area (Å²) in [7, 11) is 1.52. The van der Waals surface area contributed by atoms with Crippen LogP contribution in [0, 0.1) is 0 Å². The van der Waals surface area contributed by atoms with Gasteiger partial charge in [-0.25, -0.2) is 0 Å². The number of rotatable bonds is 2. The number of hydrogen-bond acceptors (Lipinski definition) is 1. The van der Waals surface area contributed by atoms with E-state index in [0.29, 0.717) is 11.6 Å². The molecule has 0 aliphatic carbocycles. The predicted molar refractivity (Wildman–Crippen MR) is 31.7 cm³/mol. The average Bonchev–Trinajstić information content (AvgIpc) is 1.72. The molecule has 0 aliphatic rings. The highest BCUT2D eigenvalue weighted by Crippen LogP contribution is 1.98. The molecular formula is C4H6Cl2O. The van der Waals surface area contributed by atoms with Crippen molar-refractivity contribution >= 4 is 23.2 Å². The van der Waals surface area contributed by atoms with Gasteiger partial charge in [0.25, 0.3) is 0 Å². The quantitative estimate of drug-likeness (QED) is 0.421. The highest BCUT2D eigenvalue weighted by molar-refractivity contribution is 6.26. The lowest BCUT2D eigenvalue weighted by molar-refractivity contribution is 0.296. The zero-order valence-electron chi connectivity index (χ0n) is 3.95. The van der Waals surface area contributed by atoms with Crippen LogP contribution >= 0.6 is 23.2 Å². The van der Waals surface area contributed by atoms with Crippen LogP contribution in [0.3, 0.4) is 0 Å². The van der Waals surface area contributed by atoms with Crippen molar-refractivity contribution in [2.45, 2.75) is 0 Å². The predicted octanol–water partition coefficient (Wildman–Crippen LogP) is 1.95. The Hall–Kier alpha value is 0.120. The molecule has 0 amide bonds. The summed E-state index contributed by atoms with van der Waals surface area (Å²) in [5.74, 6) is 0.920. The molecule has 0 saturated carbocycles. The molecule has 0 aromatic heterocycles. The summed E-state index contributed by atoms with van der Waals surface area (Å²) in [6, 6.07) is 0. The number of halogens is 2. The molecule has 0 fully saturated rings. The molecule has 42 valence electrons. The number of ether oxygens (including phenoxy) is 1. The number of alkyl halides is 1. The molecule has 0 rings (SSSR count). The maximum Gasteiger partial charge on any atom is 0.121 e. The highest BCUT2D eigenvalue weighted by Gasteiger charge is 1.86. The monoisotopic (exact) mass is 140 g/mol. The molecule has 0 aromatic carbocycles. The van der Waals surface area contributed by atoms with E-state index >= 15 is 0 Å². The summed E-state index contributed by atoms with van der Waals surface area (Å²) in [5.41, 5.74) is 1.31. The largest absolute Gasteiger partial charge is 0.499 e. The standard InChI is InChI=1S/C4H6Cl2O/c1-7-4(2-5)3-6/h2H,3H2,1H3. The van der Waals surface area contributed by atoms with Crippen LogP contribution in [-0.4, -0.2) is 13.0 Å². The molecule has 0 radical (unpaired) electrons. The molecule has 0 saturated heterocycles. The summed E-state index contributed by atoms with van der Waals surface area (Å²) < 4.78 is 4.65. The summed E-state index contributed by atoms with van der Waals surface area (Å²) in [6.45, 7) is 0. The fourth-order valence-corrected chi connectivity index (χ4v) is 0.560. The first-order valence-electron chi connectivity index (χ1n) is 1.74. The Balaban J connectivity index is 3.38. The maximum absolute atomic E-state index is 5.29. The van der Waals surface area contributed by atoms with Crippen LogP contribution in [0.25, 0.3) is 0 Å². The van der Waals surface area contributed by atoms with Gasteiger partial charge in [0.1, 0.15) is 5.76 Å². The smallest absolute Gasteiger partial charge is 0.121 e. The van der Waals surface area contributed by atoms with Gasteiger partial charge in [0.2, 0.25) is 0 Å². The topological polar surface area (TPSA) is 9.23 Å². The molecule has 0 N–H and O–H groups in total. The van der Waals surface area contributed by atoms with Gasteiger partial charge in [0.15, 0.2) is 0 Å². The zero-order chi connectivity index (χ0) is 5.70. The van der Waals surface area contributed by atoms with Gasteiger partial charge < -0.3 is 4.74 Å². The van der Waals surface area contributed by atoms with Gasteiger partial charge in [0, 0.05) is 5.54 Å². The SMILES string of the molecule is COC(=CCl)CCl. The van der Waals surface area contributed by atoms with Crippen LogP contribution < -0.4 is 0 Å². The molecule has 0 aliphatic heterocycles.